The van der Waals surface area contributed by atoms with Crippen molar-refractivity contribution in [3.63, 3.8) is 0 Å². The van der Waals surface area contributed by atoms with Gasteiger partial charge in [0.15, 0.2) is 0 Å². The number of nitrogens with one attached hydrogen (secondary N) is 1. The summed E-state index contributed by atoms with van der Waals surface area (Å²) in [7, 11) is 0. The summed E-state index contributed by atoms with van der Waals surface area (Å²) in [5.41, 5.74) is 3.54. The van der Waals surface area contributed by atoms with Crippen molar-refractivity contribution >= 4 is 5.91 Å². The first-order chi connectivity index (χ1) is 7.69. The van der Waals surface area contributed by atoms with Crippen LogP contribution >= 0.6 is 0 Å². The predicted octanol–water partition coefficient (Wildman–Crippen LogP) is 1.61. The lowest BCUT2D eigenvalue weighted by atomic mass is 10.1. The molecule has 0 saturated heterocycles. The lowest BCUT2D eigenvalue weighted by molar-refractivity contribution is 0.0501. The molecule has 0 saturated carbocycles. The maximum atomic E-state index is 11.5. The minimum Gasteiger partial charge on any atom is -0.374 e. The summed E-state index contributed by atoms with van der Waals surface area (Å²) in [6.45, 7) is 4.49. The second kappa shape index (κ2) is 6.25. The molecule has 0 fully saturated rings. The molecule has 0 bridgehead atoms. The first-order valence-electron chi connectivity index (χ1n) is 5.39. The second-order valence-electron chi connectivity index (χ2n) is 3.66. The number of carbonyl (C=O) groups excluding carboxylic acids is 1. The van der Waals surface area contributed by atoms with Gasteiger partial charge in [0, 0.05) is 5.56 Å². The molecule has 4 heteroatoms. The smallest absolute Gasteiger partial charge is 0.265 e. The third-order valence-corrected chi connectivity index (χ3v) is 2.49. The third kappa shape index (κ3) is 3.32. The van der Waals surface area contributed by atoms with Crippen LogP contribution in [0.15, 0.2) is 24.3 Å². The van der Waals surface area contributed by atoms with E-state index in [9.17, 15) is 4.79 Å². The van der Waals surface area contributed by atoms with Crippen LogP contribution in [0.2, 0.25) is 0 Å². The van der Waals surface area contributed by atoms with E-state index in [0.29, 0.717) is 12.2 Å². The molecule has 0 aromatic heterocycles. The molecule has 16 heavy (non-hydrogen) atoms. The maximum absolute atomic E-state index is 11.5. The Hall–Kier alpha value is -1.39. The van der Waals surface area contributed by atoms with Crippen molar-refractivity contribution in [1.29, 1.82) is 0 Å². The molecule has 0 spiro atoms. The van der Waals surface area contributed by atoms with Gasteiger partial charge >= 0.3 is 0 Å². The number of benzene rings is 1. The van der Waals surface area contributed by atoms with Crippen LogP contribution in [0.1, 0.15) is 36.2 Å². The normalized spacial score (nSPS) is 12.2. The molecule has 0 heterocycles. The zero-order chi connectivity index (χ0) is 12.0. The van der Waals surface area contributed by atoms with Crippen LogP contribution in [0.3, 0.4) is 0 Å². The lowest BCUT2D eigenvalue weighted by Gasteiger charge is -2.12. The van der Waals surface area contributed by atoms with E-state index >= 15 is 0 Å². The number of hydrogen-bond acceptors (Lipinski definition) is 3. The molecule has 1 amide bonds. The Balaban J connectivity index is 2.75. The van der Waals surface area contributed by atoms with Gasteiger partial charge < -0.3 is 4.74 Å². The lowest BCUT2D eigenvalue weighted by Crippen LogP contribution is -2.30. The van der Waals surface area contributed by atoms with Gasteiger partial charge in [-0.3, -0.25) is 10.2 Å². The minimum atomic E-state index is -0.289. The van der Waals surface area contributed by atoms with Crippen LogP contribution in [-0.2, 0) is 11.3 Å². The van der Waals surface area contributed by atoms with Gasteiger partial charge in [-0.05, 0) is 25.0 Å². The molecule has 1 atom stereocenters. The average molecular weight is 222 g/mol. The summed E-state index contributed by atoms with van der Waals surface area (Å²) in [6, 6.07) is 7.28. The van der Waals surface area contributed by atoms with Gasteiger partial charge in [-0.2, -0.15) is 0 Å². The summed E-state index contributed by atoms with van der Waals surface area (Å²) in [5.74, 6) is 4.83. The van der Waals surface area contributed by atoms with Gasteiger partial charge in [-0.15, -0.1) is 0 Å². The number of hydrazine groups is 1. The molecular weight excluding hydrogens is 204 g/mol. The fourth-order valence-corrected chi connectivity index (χ4v) is 1.30. The van der Waals surface area contributed by atoms with Gasteiger partial charge in [0.25, 0.3) is 5.91 Å². The molecule has 0 aliphatic carbocycles. The van der Waals surface area contributed by atoms with Crippen LogP contribution < -0.4 is 11.3 Å². The summed E-state index contributed by atoms with van der Waals surface area (Å²) in [6.07, 6.45) is 1.14. The van der Waals surface area contributed by atoms with E-state index in [1.807, 2.05) is 19.1 Å². The van der Waals surface area contributed by atoms with Gasteiger partial charge in [0.1, 0.15) is 0 Å². The van der Waals surface area contributed by atoms with E-state index in [1.54, 1.807) is 12.1 Å². The monoisotopic (exact) mass is 222 g/mol. The number of amides is 1. The SMILES string of the molecule is CCC(C)OCc1ccccc1C(=O)NN. The standard InChI is InChI=1S/C12H18N2O2/c1-3-9(2)16-8-10-6-4-5-7-11(10)12(15)14-13/h4-7,9H,3,8,13H2,1-2H3,(H,14,15). The minimum absolute atomic E-state index is 0.189. The molecule has 1 unspecified atom stereocenters. The first-order valence-corrected chi connectivity index (χ1v) is 5.39. The number of rotatable bonds is 5. The Kier molecular flexibility index (Phi) is 4.95. The van der Waals surface area contributed by atoms with Crippen molar-refractivity contribution in [2.45, 2.75) is 33.0 Å². The molecule has 0 aliphatic rings. The van der Waals surface area contributed by atoms with Crippen molar-refractivity contribution in [3.8, 4) is 0 Å². The Bertz CT molecular complexity index is 353. The summed E-state index contributed by atoms with van der Waals surface area (Å²) in [5, 5.41) is 0. The molecule has 3 N–H and O–H groups in total. The first kappa shape index (κ1) is 12.7. The fourth-order valence-electron chi connectivity index (χ4n) is 1.30. The summed E-state index contributed by atoms with van der Waals surface area (Å²) in [4.78, 5) is 11.5. The average Bonchev–Trinajstić information content (AvgIpc) is 2.35. The summed E-state index contributed by atoms with van der Waals surface area (Å²) < 4.78 is 5.59. The Morgan fingerprint density at radius 1 is 1.50 bits per heavy atom. The highest BCUT2D eigenvalue weighted by Gasteiger charge is 2.10. The van der Waals surface area contributed by atoms with Crippen LogP contribution in [0.5, 0.6) is 0 Å². The number of nitrogens with two attached hydrogens (primary N) is 1. The van der Waals surface area contributed by atoms with E-state index in [4.69, 9.17) is 10.6 Å². The van der Waals surface area contributed by atoms with Gasteiger partial charge in [-0.1, -0.05) is 25.1 Å². The fraction of sp³-hybridized carbons (Fsp3) is 0.417. The van der Waals surface area contributed by atoms with E-state index < -0.39 is 0 Å². The van der Waals surface area contributed by atoms with E-state index in [0.717, 1.165) is 12.0 Å². The van der Waals surface area contributed by atoms with Crippen LogP contribution in [-0.4, -0.2) is 12.0 Å². The molecule has 0 aliphatic heterocycles. The van der Waals surface area contributed by atoms with E-state index in [1.165, 1.54) is 0 Å². The highest BCUT2D eigenvalue weighted by molar-refractivity contribution is 5.95. The molecule has 1 aromatic rings. The Morgan fingerprint density at radius 2 is 2.19 bits per heavy atom. The van der Waals surface area contributed by atoms with Gasteiger partial charge in [0.2, 0.25) is 0 Å². The maximum Gasteiger partial charge on any atom is 0.265 e. The van der Waals surface area contributed by atoms with Gasteiger partial charge in [-0.25, -0.2) is 5.84 Å². The zero-order valence-electron chi connectivity index (χ0n) is 9.69. The number of ether oxygens (including phenoxy) is 1. The molecule has 4 nitrogen and oxygen atoms in total. The van der Waals surface area contributed by atoms with Crippen molar-refractivity contribution < 1.29 is 9.53 Å². The molecule has 1 rings (SSSR count). The van der Waals surface area contributed by atoms with Gasteiger partial charge in [0.05, 0.1) is 12.7 Å². The number of nitrogen functional groups attached to an aromatic ring is 1. The zero-order valence-corrected chi connectivity index (χ0v) is 9.69. The second-order valence-corrected chi connectivity index (χ2v) is 3.66. The van der Waals surface area contributed by atoms with Crippen molar-refractivity contribution in [3.05, 3.63) is 35.4 Å². The van der Waals surface area contributed by atoms with Crippen LogP contribution in [0.4, 0.5) is 0 Å². The predicted molar refractivity (Wildman–Crippen MR) is 62.6 cm³/mol. The number of carbonyl (C=O) groups is 1. The molecule has 1 aromatic carbocycles. The molecule has 0 radical (unpaired) electrons. The van der Waals surface area contributed by atoms with Crippen LogP contribution in [0.25, 0.3) is 0 Å². The van der Waals surface area contributed by atoms with Crippen molar-refractivity contribution in [2.75, 3.05) is 0 Å². The highest BCUT2D eigenvalue weighted by Crippen LogP contribution is 2.11. The topological polar surface area (TPSA) is 64.3 Å². The highest BCUT2D eigenvalue weighted by atomic mass is 16.5. The Labute approximate surface area is 95.8 Å². The molecular formula is C12H18N2O2. The number of hydrogen-bond donors (Lipinski definition) is 2. The van der Waals surface area contributed by atoms with E-state index in [2.05, 4.69) is 12.3 Å². The molecule has 88 valence electrons. The van der Waals surface area contributed by atoms with Crippen molar-refractivity contribution in [1.82, 2.24) is 5.43 Å². The third-order valence-electron chi connectivity index (χ3n) is 2.49. The Morgan fingerprint density at radius 3 is 2.81 bits per heavy atom. The quantitative estimate of drug-likeness (QED) is 0.452. The summed E-state index contributed by atoms with van der Waals surface area (Å²) >= 11 is 0. The van der Waals surface area contributed by atoms with Crippen LogP contribution in [0, 0.1) is 0 Å². The van der Waals surface area contributed by atoms with E-state index in [-0.39, 0.29) is 12.0 Å². The van der Waals surface area contributed by atoms with Crippen molar-refractivity contribution in [2.24, 2.45) is 5.84 Å². The largest absolute Gasteiger partial charge is 0.374 e.